The summed E-state index contributed by atoms with van der Waals surface area (Å²) in [5, 5.41) is 6.02. The van der Waals surface area contributed by atoms with Crippen LogP contribution in [0.25, 0.3) is 0 Å². The Hall–Kier alpha value is -3.62. The maximum atomic E-state index is 13.1. The number of alkyl halides is 3. The van der Waals surface area contributed by atoms with Gasteiger partial charge in [-0.25, -0.2) is 4.98 Å². The number of carbonyl (C=O) groups is 1. The van der Waals surface area contributed by atoms with Crippen LogP contribution in [-0.4, -0.2) is 22.4 Å². The molecule has 0 bridgehead atoms. The quantitative estimate of drug-likeness (QED) is 0.464. The van der Waals surface area contributed by atoms with Gasteiger partial charge in [-0.3, -0.25) is 4.79 Å². The predicted octanol–water partition coefficient (Wildman–Crippen LogP) is 6.15. The Morgan fingerprint density at radius 2 is 1.79 bits per heavy atom. The van der Waals surface area contributed by atoms with E-state index in [1.807, 2.05) is 26.0 Å². The number of halogens is 3. The molecule has 0 radical (unpaired) electrons. The van der Waals surface area contributed by atoms with Crippen molar-refractivity contribution in [3.63, 3.8) is 0 Å². The van der Waals surface area contributed by atoms with Gasteiger partial charge in [-0.15, -0.1) is 0 Å². The second-order valence-electron chi connectivity index (χ2n) is 7.94. The molecular weight excluding hydrogens is 433 g/mol. The van der Waals surface area contributed by atoms with Gasteiger partial charge in [-0.1, -0.05) is 13.0 Å². The SMILES string of the molecule is CCOc1ccc(Nc2nc3c(c(Nc4cccc(C(F)(F)F)c4)n2)C(=O)CC(C)C3)cc1. The summed E-state index contributed by atoms with van der Waals surface area (Å²) in [4.78, 5) is 21.7. The Morgan fingerprint density at radius 3 is 2.48 bits per heavy atom. The lowest BCUT2D eigenvalue weighted by Gasteiger charge is -2.23. The molecule has 0 spiro atoms. The van der Waals surface area contributed by atoms with Crippen molar-refractivity contribution < 1.29 is 22.7 Å². The van der Waals surface area contributed by atoms with Crippen LogP contribution in [0, 0.1) is 5.92 Å². The number of carbonyl (C=O) groups excluding carboxylic acids is 1. The molecule has 1 atom stereocenters. The van der Waals surface area contributed by atoms with Crippen LogP contribution in [-0.2, 0) is 12.6 Å². The van der Waals surface area contributed by atoms with Crippen LogP contribution in [0.4, 0.5) is 36.3 Å². The van der Waals surface area contributed by atoms with Crippen molar-refractivity contribution in [2.45, 2.75) is 32.9 Å². The molecule has 4 rings (SSSR count). The Kier molecular flexibility index (Phi) is 6.22. The molecule has 0 fully saturated rings. The van der Waals surface area contributed by atoms with Crippen molar-refractivity contribution >= 4 is 28.9 Å². The number of nitrogens with one attached hydrogen (secondary N) is 2. The lowest BCUT2D eigenvalue weighted by molar-refractivity contribution is -0.137. The summed E-state index contributed by atoms with van der Waals surface area (Å²) in [6.45, 7) is 4.41. The highest BCUT2D eigenvalue weighted by Gasteiger charge is 2.31. The third-order valence-corrected chi connectivity index (χ3v) is 5.21. The molecule has 1 aliphatic rings. The maximum absolute atomic E-state index is 13.1. The number of hydrogen-bond acceptors (Lipinski definition) is 6. The van der Waals surface area contributed by atoms with Gasteiger partial charge in [-0.05, 0) is 61.7 Å². The Labute approximate surface area is 189 Å². The van der Waals surface area contributed by atoms with Gasteiger partial charge >= 0.3 is 6.18 Å². The summed E-state index contributed by atoms with van der Waals surface area (Å²) in [6, 6.07) is 12.0. The van der Waals surface area contributed by atoms with E-state index in [9.17, 15) is 18.0 Å². The molecule has 0 amide bonds. The van der Waals surface area contributed by atoms with Crippen LogP contribution in [0.15, 0.2) is 48.5 Å². The summed E-state index contributed by atoms with van der Waals surface area (Å²) in [5.41, 5.74) is 0.991. The van der Waals surface area contributed by atoms with E-state index in [0.29, 0.717) is 36.4 Å². The first kappa shape index (κ1) is 22.6. The second kappa shape index (κ2) is 9.09. The van der Waals surface area contributed by atoms with E-state index >= 15 is 0 Å². The monoisotopic (exact) mass is 456 g/mol. The molecule has 1 aliphatic carbocycles. The number of nitrogens with zero attached hydrogens (tertiary/aromatic N) is 2. The van der Waals surface area contributed by atoms with Gasteiger partial charge in [0.1, 0.15) is 11.6 Å². The van der Waals surface area contributed by atoms with E-state index in [1.165, 1.54) is 12.1 Å². The number of benzene rings is 2. The molecule has 1 heterocycles. The minimum atomic E-state index is -4.48. The lowest BCUT2D eigenvalue weighted by Crippen LogP contribution is -2.22. The van der Waals surface area contributed by atoms with Crippen LogP contribution >= 0.6 is 0 Å². The highest BCUT2D eigenvalue weighted by Crippen LogP contribution is 2.34. The minimum absolute atomic E-state index is 0.111. The molecule has 172 valence electrons. The van der Waals surface area contributed by atoms with Gasteiger partial charge in [0.25, 0.3) is 0 Å². The number of rotatable bonds is 6. The molecule has 2 N–H and O–H groups in total. The molecule has 1 aromatic heterocycles. The molecule has 33 heavy (non-hydrogen) atoms. The largest absolute Gasteiger partial charge is 0.494 e. The fourth-order valence-corrected chi connectivity index (χ4v) is 3.76. The number of aromatic nitrogens is 2. The average molecular weight is 456 g/mol. The molecule has 0 saturated carbocycles. The first-order valence-electron chi connectivity index (χ1n) is 10.6. The van der Waals surface area contributed by atoms with Gasteiger partial charge < -0.3 is 15.4 Å². The van der Waals surface area contributed by atoms with Crippen molar-refractivity contribution in [1.29, 1.82) is 0 Å². The molecule has 1 unspecified atom stereocenters. The summed E-state index contributed by atoms with van der Waals surface area (Å²) < 4.78 is 44.9. The Bertz CT molecular complexity index is 1160. The van der Waals surface area contributed by atoms with Crippen molar-refractivity contribution in [3.05, 3.63) is 65.4 Å². The molecule has 6 nitrogen and oxygen atoms in total. The Morgan fingerprint density at radius 1 is 1.03 bits per heavy atom. The van der Waals surface area contributed by atoms with Crippen molar-refractivity contribution in [2.75, 3.05) is 17.2 Å². The normalized spacial score (nSPS) is 15.7. The number of Topliss-reactive ketones (excluding diaryl/α,β-unsaturated/α-hetero) is 1. The number of ketones is 1. The standard InChI is InChI=1S/C24H23F3N4O2/c1-3-33-18-9-7-16(8-10-18)29-23-30-19-11-14(2)12-20(32)21(19)22(31-23)28-17-6-4-5-15(13-17)24(25,26)27/h4-10,13-14H,3,11-12H2,1-2H3,(H2,28,29,30,31). The van der Waals surface area contributed by atoms with Gasteiger partial charge in [0, 0.05) is 17.8 Å². The predicted molar refractivity (Wildman–Crippen MR) is 119 cm³/mol. The average Bonchev–Trinajstić information content (AvgIpc) is 2.74. The number of anilines is 4. The van der Waals surface area contributed by atoms with Gasteiger partial charge in [-0.2, -0.15) is 18.2 Å². The highest BCUT2D eigenvalue weighted by molar-refractivity contribution is 6.03. The van der Waals surface area contributed by atoms with Gasteiger partial charge in [0.05, 0.1) is 23.4 Å². The van der Waals surface area contributed by atoms with E-state index in [1.54, 1.807) is 12.1 Å². The smallest absolute Gasteiger partial charge is 0.416 e. The summed E-state index contributed by atoms with van der Waals surface area (Å²) in [6.07, 6.45) is -3.58. The summed E-state index contributed by atoms with van der Waals surface area (Å²) >= 11 is 0. The van der Waals surface area contributed by atoms with Crippen LogP contribution in [0.5, 0.6) is 5.75 Å². The lowest BCUT2D eigenvalue weighted by atomic mass is 9.87. The van der Waals surface area contributed by atoms with Crippen molar-refractivity contribution in [1.82, 2.24) is 9.97 Å². The van der Waals surface area contributed by atoms with Crippen molar-refractivity contribution in [3.8, 4) is 5.75 Å². The third-order valence-electron chi connectivity index (χ3n) is 5.21. The number of fused-ring (bicyclic) bond motifs is 1. The molecular formula is C24H23F3N4O2. The van der Waals surface area contributed by atoms with Crippen LogP contribution < -0.4 is 15.4 Å². The van der Waals surface area contributed by atoms with E-state index in [-0.39, 0.29) is 29.2 Å². The van der Waals surface area contributed by atoms with Crippen molar-refractivity contribution in [2.24, 2.45) is 5.92 Å². The second-order valence-corrected chi connectivity index (χ2v) is 7.94. The fourth-order valence-electron chi connectivity index (χ4n) is 3.76. The van der Waals surface area contributed by atoms with Gasteiger partial charge in [0.15, 0.2) is 5.78 Å². The van der Waals surface area contributed by atoms with Crippen LogP contribution in [0.2, 0.25) is 0 Å². The number of ether oxygens (including phenoxy) is 1. The first-order chi connectivity index (χ1) is 15.7. The maximum Gasteiger partial charge on any atom is 0.416 e. The topological polar surface area (TPSA) is 76.1 Å². The number of hydrogen-bond donors (Lipinski definition) is 2. The molecule has 2 aromatic carbocycles. The molecule has 9 heteroatoms. The van der Waals surface area contributed by atoms with Gasteiger partial charge in [0.2, 0.25) is 5.95 Å². The van der Waals surface area contributed by atoms with E-state index in [2.05, 4.69) is 20.6 Å². The van der Waals surface area contributed by atoms with Crippen LogP contribution in [0.3, 0.4) is 0 Å². The zero-order valence-corrected chi connectivity index (χ0v) is 18.2. The highest BCUT2D eigenvalue weighted by atomic mass is 19.4. The van der Waals surface area contributed by atoms with E-state index in [0.717, 1.165) is 17.9 Å². The summed E-state index contributed by atoms with van der Waals surface area (Å²) in [5.74, 6) is 1.13. The third kappa shape index (κ3) is 5.24. The van der Waals surface area contributed by atoms with Crippen LogP contribution in [0.1, 0.15) is 41.9 Å². The molecule has 3 aromatic rings. The molecule has 0 aliphatic heterocycles. The minimum Gasteiger partial charge on any atom is -0.494 e. The Balaban J connectivity index is 1.69. The van der Waals surface area contributed by atoms with E-state index in [4.69, 9.17) is 4.74 Å². The fraction of sp³-hybridized carbons (Fsp3) is 0.292. The first-order valence-corrected chi connectivity index (χ1v) is 10.6. The summed E-state index contributed by atoms with van der Waals surface area (Å²) in [7, 11) is 0. The zero-order valence-electron chi connectivity index (χ0n) is 18.2. The molecule has 0 saturated heterocycles. The zero-order chi connectivity index (χ0) is 23.6. The van der Waals surface area contributed by atoms with E-state index < -0.39 is 11.7 Å².